The van der Waals surface area contributed by atoms with Crippen molar-refractivity contribution in [2.45, 2.75) is 31.1 Å². The molecule has 0 amide bonds. The summed E-state index contributed by atoms with van der Waals surface area (Å²) in [5.74, 6) is 3.67. The maximum atomic E-state index is 6.58. The summed E-state index contributed by atoms with van der Waals surface area (Å²) >= 11 is 6.58. The van der Waals surface area contributed by atoms with Gasteiger partial charge < -0.3 is 0 Å². The van der Waals surface area contributed by atoms with Crippen LogP contribution in [0.3, 0.4) is 0 Å². The fraction of sp³-hybridized carbons (Fsp3) is 0.357. The molecule has 2 spiro atoms. The minimum atomic E-state index is 0.228. The Balaban J connectivity index is 1.41. The summed E-state index contributed by atoms with van der Waals surface area (Å²) < 4.78 is 0. The van der Waals surface area contributed by atoms with Crippen molar-refractivity contribution < 1.29 is 0 Å². The van der Waals surface area contributed by atoms with Gasteiger partial charge in [-0.05, 0) is 106 Å². The zero-order valence-electron chi connectivity index (χ0n) is 16.4. The minimum Gasteiger partial charge on any atom is -0.0843 e. The average Bonchev–Trinajstić information content (AvgIpc) is 3.36. The molecule has 1 heteroatoms. The van der Waals surface area contributed by atoms with Gasteiger partial charge >= 0.3 is 0 Å². The van der Waals surface area contributed by atoms with Crippen molar-refractivity contribution in [3.05, 3.63) is 82.9 Å². The van der Waals surface area contributed by atoms with Gasteiger partial charge in [-0.15, -0.1) is 0 Å². The van der Waals surface area contributed by atoms with Crippen LogP contribution in [0.15, 0.2) is 66.7 Å². The van der Waals surface area contributed by atoms with Crippen molar-refractivity contribution >= 4 is 11.6 Å². The lowest BCUT2D eigenvalue weighted by molar-refractivity contribution is -0.231. The molecule has 0 aromatic heterocycles. The lowest BCUT2D eigenvalue weighted by Gasteiger charge is -2.76. The molecule has 8 rings (SSSR count). The van der Waals surface area contributed by atoms with Gasteiger partial charge in [0.15, 0.2) is 0 Å². The first kappa shape index (κ1) is 15.7. The van der Waals surface area contributed by atoms with E-state index in [1.54, 1.807) is 11.1 Å². The third-order valence-electron chi connectivity index (χ3n) is 9.80. The Labute approximate surface area is 176 Å². The molecule has 4 saturated carbocycles. The lowest BCUT2D eigenvalue weighted by atomic mass is 9.27. The molecule has 0 N–H and O–H groups in total. The van der Waals surface area contributed by atoms with Gasteiger partial charge in [0.1, 0.15) is 0 Å². The highest BCUT2D eigenvalue weighted by molar-refractivity contribution is 6.30. The quantitative estimate of drug-likeness (QED) is 0.405. The highest BCUT2D eigenvalue weighted by Gasteiger charge is 2.84. The monoisotopic (exact) mass is 394 g/mol. The molecule has 0 radical (unpaired) electrons. The molecule has 5 aliphatic rings. The summed E-state index contributed by atoms with van der Waals surface area (Å²) in [7, 11) is 0. The van der Waals surface area contributed by atoms with Gasteiger partial charge in [0.25, 0.3) is 0 Å². The van der Waals surface area contributed by atoms with Crippen LogP contribution in [-0.4, -0.2) is 0 Å². The Morgan fingerprint density at radius 3 is 2.31 bits per heavy atom. The van der Waals surface area contributed by atoms with Crippen LogP contribution in [0, 0.1) is 29.1 Å². The summed E-state index contributed by atoms with van der Waals surface area (Å²) in [6.45, 7) is 0. The van der Waals surface area contributed by atoms with E-state index in [1.807, 2.05) is 0 Å². The average molecular weight is 395 g/mol. The lowest BCUT2D eigenvalue weighted by Crippen LogP contribution is -2.73. The van der Waals surface area contributed by atoms with Gasteiger partial charge in [0.2, 0.25) is 0 Å². The van der Waals surface area contributed by atoms with Crippen LogP contribution in [0.25, 0.3) is 22.3 Å². The first-order chi connectivity index (χ1) is 14.2. The largest absolute Gasteiger partial charge is 0.0843 e. The highest BCUT2D eigenvalue weighted by atomic mass is 35.5. The molecule has 0 nitrogen and oxygen atoms in total. The summed E-state index contributed by atoms with van der Waals surface area (Å²) in [4.78, 5) is 0. The van der Waals surface area contributed by atoms with E-state index in [1.165, 1.54) is 47.9 Å². The predicted octanol–water partition coefficient (Wildman–Crippen LogP) is 7.34. The molecule has 0 aliphatic heterocycles. The van der Waals surface area contributed by atoms with Crippen molar-refractivity contribution in [3.8, 4) is 22.3 Å². The van der Waals surface area contributed by atoms with Gasteiger partial charge in [0.05, 0.1) is 0 Å². The Kier molecular flexibility index (Phi) is 2.61. The van der Waals surface area contributed by atoms with E-state index in [2.05, 4.69) is 66.7 Å². The number of rotatable bonds is 1. The van der Waals surface area contributed by atoms with Crippen molar-refractivity contribution in [1.29, 1.82) is 0 Å². The van der Waals surface area contributed by atoms with Gasteiger partial charge in [-0.2, -0.15) is 0 Å². The first-order valence-electron chi connectivity index (χ1n) is 11.2. The van der Waals surface area contributed by atoms with E-state index in [0.717, 1.165) is 28.7 Å². The van der Waals surface area contributed by atoms with Gasteiger partial charge in [-0.25, -0.2) is 0 Å². The molecule has 4 fully saturated rings. The SMILES string of the molecule is Clc1ccc2c(c1)C1(c3cc(-c4ccccc4)ccc3-2)C2CC3CC4CC1C42C3. The number of fused-ring (bicyclic) bond motifs is 8. The Hall–Kier alpha value is -2.05. The van der Waals surface area contributed by atoms with Crippen LogP contribution in [0.2, 0.25) is 5.02 Å². The molecule has 3 aromatic carbocycles. The Bertz CT molecular complexity index is 1210. The van der Waals surface area contributed by atoms with Crippen LogP contribution < -0.4 is 0 Å². The second-order valence-electron chi connectivity index (χ2n) is 10.4. The second kappa shape index (κ2) is 4.81. The molecule has 5 aliphatic carbocycles. The fourth-order valence-corrected chi connectivity index (χ4v) is 9.32. The minimum absolute atomic E-state index is 0.228. The van der Waals surface area contributed by atoms with Crippen molar-refractivity contribution in [1.82, 2.24) is 0 Å². The van der Waals surface area contributed by atoms with Crippen LogP contribution in [0.1, 0.15) is 36.8 Å². The third kappa shape index (κ3) is 1.52. The smallest absolute Gasteiger partial charge is 0.0409 e. The van der Waals surface area contributed by atoms with E-state index >= 15 is 0 Å². The first-order valence-corrected chi connectivity index (χ1v) is 11.6. The molecule has 0 saturated heterocycles. The molecule has 6 unspecified atom stereocenters. The van der Waals surface area contributed by atoms with Crippen molar-refractivity contribution in [2.75, 3.05) is 0 Å². The molecule has 0 heterocycles. The van der Waals surface area contributed by atoms with E-state index in [4.69, 9.17) is 11.6 Å². The van der Waals surface area contributed by atoms with Crippen LogP contribution in [-0.2, 0) is 5.41 Å². The Morgan fingerprint density at radius 2 is 1.48 bits per heavy atom. The molecule has 29 heavy (non-hydrogen) atoms. The van der Waals surface area contributed by atoms with Gasteiger partial charge in [-0.3, -0.25) is 0 Å². The highest BCUT2D eigenvalue weighted by Crippen LogP contribution is 2.89. The van der Waals surface area contributed by atoms with Crippen molar-refractivity contribution in [2.24, 2.45) is 29.1 Å². The number of halogens is 1. The molecule has 6 atom stereocenters. The summed E-state index contributed by atoms with van der Waals surface area (Å²) in [5, 5.41) is 0.902. The zero-order valence-corrected chi connectivity index (χ0v) is 17.1. The second-order valence-corrected chi connectivity index (χ2v) is 10.8. The van der Waals surface area contributed by atoms with E-state index in [0.29, 0.717) is 5.41 Å². The summed E-state index contributed by atoms with van der Waals surface area (Å²) in [6, 6.07) is 24.9. The fourth-order valence-electron chi connectivity index (χ4n) is 9.15. The summed E-state index contributed by atoms with van der Waals surface area (Å²) in [5.41, 5.74) is 9.68. The van der Waals surface area contributed by atoms with Crippen molar-refractivity contribution in [3.63, 3.8) is 0 Å². The third-order valence-corrected chi connectivity index (χ3v) is 10.0. The number of hydrogen-bond acceptors (Lipinski definition) is 0. The van der Waals surface area contributed by atoms with Gasteiger partial charge in [-0.1, -0.05) is 60.1 Å². The number of hydrogen-bond donors (Lipinski definition) is 0. The van der Waals surface area contributed by atoms with E-state index in [9.17, 15) is 0 Å². The van der Waals surface area contributed by atoms with Gasteiger partial charge in [0, 0.05) is 10.4 Å². The normalized spacial score (nSPS) is 38.9. The molecule has 3 aromatic rings. The number of benzene rings is 3. The topological polar surface area (TPSA) is 0 Å². The molecular weight excluding hydrogens is 372 g/mol. The maximum Gasteiger partial charge on any atom is 0.0409 e. The van der Waals surface area contributed by atoms with E-state index < -0.39 is 0 Å². The van der Waals surface area contributed by atoms with Crippen LogP contribution in [0.4, 0.5) is 0 Å². The van der Waals surface area contributed by atoms with Crippen LogP contribution in [0.5, 0.6) is 0 Å². The van der Waals surface area contributed by atoms with Crippen LogP contribution >= 0.6 is 11.6 Å². The predicted molar refractivity (Wildman–Crippen MR) is 118 cm³/mol. The maximum absolute atomic E-state index is 6.58. The molecular formula is C28H23Cl. The summed E-state index contributed by atoms with van der Waals surface area (Å²) in [6.07, 6.45) is 5.91. The standard InChI is InChI=1S/C28H23Cl/c29-20-7-9-22-21-8-6-18(17-4-2-1-3-5-17)12-23(21)28(24(22)14-20)25-11-16-10-19-13-26(28)27(19,25)15-16/h1-9,12,14,16,19,25-26H,10-11,13,15H2. The van der Waals surface area contributed by atoms with E-state index in [-0.39, 0.29) is 5.41 Å². The zero-order chi connectivity index (χ0) is 19.0. The molecule has 2 bridgehead atoms. The molecule has 142 valence electrons. The Morgan fingerprint density at radius 1 is 0.724 bits per heavy atom.